The molecule has 1 aromatic heterocycles. The largest absolute Gasteiger partial charge is 0.478 e. The Hall–Kier alpha value is -3.29. The Kier molecular flexibility index (Phi) is 5.01. The molecule has 0 atom stereocenters. The summed E-state index contributed by atoms with van der Waals surface area (Å²) in [5.74, 6) is -1.10. The van der Waals surface area contributed by atoms with E-state index in [1.165, 1.54) is 10.0 Å². The molecule has 4 rings (SSSR count). The van der Waals surface area contributed by atoms with Crippen molar-refractivity contribution in [3.8, 4) is 0 Å². The van der Waals surface area contributed by atoms with Crippen LogP contribution >= 0.6 is 11.6 Å². The number of carbonyl (C=O) groups is 1. The number of nitrogens with one attached hydrogen (secondary N) is 1. The van der Waals surface area contributed by atoms with Crippen molar-refractivity contribution in [2.24, 2.45) is 0 Å². The van der Waals surface area contributed by atoms with Gasteiger partial charge < -0.3 is 10.4 Å². The lowest BCUT2D eigenvalue weighted by molar-refractivity contribution is 0.0698. The molecule has 0 unspecified atom stereocenters. The van der Waals surface area contributed by atoms with Gasteiger partial charge in [-0.1, -0.05) is 29.8 Å². The average Bonchev–Trinajstić information content (AvgIpc) is 3.05. The minimum atomic E-state index is -3.74. The van der Waals surface area contributed by atoms with E-state index in [1.54, 1.807) is 73.7 Å². The highest BCUT2D eigenvalue weighted by Gasteiger charge is 2.21. The summed E-state index contributed by atoms with van der Waals surface area (Å²) in [6.07, 6.45) is 0. The Bertz CT molecular complexity index is 1380. The maximum absolute atomic E-state index is 13.1. The number of rotatable bonds is 5. The Morgan fingerprint density at radius 3 is 2.43 bits per heavy atom. The maximum Gasteiger partial charge on any atom is 0.337 e. The molecule has 6 nitrogen and oxygen atoms in total. The van der Waals surface area contributed by atoms with E-state index in [9.17, 15) is 18.3 Å². The number of fused-ring (bicyclic) bond motifs is 1. The topological polar surface area (TPSA) is 88.4 Å². The molecule has 1 heterocycles. The van der Waals surface area contributed by atoms with Crippen LogP contribution in [0.15, 0.2) is 77.7 Å². The van der Waals surface area contributed by atoms with Gasteiger partial charge in [0.15, 0.2) is 0 Å². The predicted octanol–water partition coefficient (Wildman–Crippen LogP) is 5.28. The molecule has 0 radical (unpaired) electrons. The average molecular weight is 441 g/mol. The number of nitrogens with zero attached hydrogens (tertiary/aromatic N) is 1. The van der Waals surface area contributed by atoms with Crippen LogP contribution in [0, 0.1) is 6.92 Å². The summed E-state index contributed by atoms with van der Waals surface area (Å²) in [6.45, 7) is 1.73. The number of aromatic carboxylic acids is 1. The molecule has 4 aromatic rings. The lowest BCUT2D eigenvalue weighted by Crippen LogP contribution is -2.14. The van der Waals surface area contributed by atoms with Gasteiger partial charge in [-0.05, 0) is 61.5 Å². The number of anilines is 2. The fourth-order valence-corrected chi connectivity index (χ4v) is 5.12. The van der Waals surface area contributed by atoms with Crippen LogP contribution in [-0.4, -0.2) is 23.5 Å². The molecule has 0 saturated heterocycles. The third-order valence-electron chi connectivity index (χ3n) is 4.70. The van der Waals surface area contributed by atoms with Gasteiger partial charge in [0, 0.05) is 21.8 Å². The van der Waals surface area contributed by atoms with Crippen molar-refractivity contribution < 1.29 is 18.3 Å². The zero-order chi connectivity index (χ0) is 21.5. The van der Waals surface area contributed by atoms with Gasteiger partial charge >= 0.3 is 5.97 Å². The van der Waals surface area contributed by atoms with Crippen molar-refractivity contribution in [3.63, 3.8) is 0 Å². The van der Waals surface area contributed by atoms with E-state index in [0.717, 1.165) is 0 Å². The third-order valence-corrected chi connectivity index (χ3v) is 6.77. The van der Waals surface area contributed by atoms with Crippen LogP contribution in [-0.2, 0) is 10.0 Å². The summed E-state index contributed by atoms with van der Waals surface area (Å²) in [5, 5.41) is 13.5. The number of aromatic nitrogens is 1. The number of benzene rings is 3. The molecule has 0 aliphatic carbocycles. The minimum Gasteiger partial charge on any atom is -0.478 e. The van der Waals surface area contributed by atoms with Crippen molar-refractivity contribution in [1.29, 1.82) is 0 Å². The van der Waals surface area contributed by atoms with Crippen LogP contribution in [0.5, 0.6) is 0 Å². The number of hydrogen-bond donors (Lipinski definition) is 2. The summed E-state index contributed by atoms with van der Waals surface area (Å²) in [4.78, 5) is 11.7. The fraction of sp³-hybridized carbons (Fsp3) is 0.0455. The van der Waals surface area contributed by atoms with Crippen LogP contribution in [0.1, 0.15) is 16.1 Å². The Labute approximate surface area is 178 Å². The molecule has 0 saturated carbocycles. The van der Waals surface area contributed by atoms with Crippen LogP contribution in [0.25, 0.3) is 10.9 Å². The first kappa shape index (κ1) is 20.0. The van der Waals surface area contributed by atoms with Crippen molar-refractivity contribution >= 4 is 49.9 Å². The molecule has 0 fully saturated rings. The Morgan fingerprint density at radius 2 is 1.73 bits per heavy atom. The van der Waals surface area contributed by atoms with Gasteiger partial charge in [0.25, 0.3) is 10.0 Å². The number of halogens is 1. The molecule has 8 heteroatoms. The standard InChI is InChI=1S/C22H17ClN2O4S/c1-14-11-15-12-17(24-20-9-7-16(23)13-19(20)22(26)27)8-10-21(15)25(14)30(28,29)18-5-3-2-4-6-18/h2-13,24H,1H3,(H,26,27). The zero-order valence-corrected chi connectivity index (χ0v) is 17.4. The summed E-state index contributed by atoms with van der Waals surface area (Å²) >= 11 is 5.90. The normalized spacial score (nSPS) is 11.5. The SMILES string of the molecule is Cc1cc2cc(Nc3ccc(Cl)cc3C(=O)O)ccc2n1S(=O)(=O)c1ccccc1. The Balaban J connectivity index is 1.77. The van der Waals surface area contributed by atoms with Crippen LogP contribution in [0.3, 0.4) is 0 Å². The van der Waals surface area contributed by atoms with Gasteiger partial charge in [0.05, 0.1) is 21.7 Å². The van der Waals surface area contributed by atoms with Crippen molar-refractivity contribution in [2.45, 2.75) is 11.8 Å². The van der Waals surface area contributed by atoms with Gasteiger partial charge in [-0.2, -0.15) is 0 Å². The number of aryl methyl sites for hydroxylation is 1. The first-order valence-corrected chi connectivity index (χ1v) is 10.8. The second kappa shape index (κ2) is 7.51. The predicted molar refractivity (Wildman–Crippen MR) is 117 cm³/mol. The minimum absolute atomic E-state index is 0.0444. The zero-order valence-electron chi connectivity index (χ0n) is 15.8. The van der Waals surface area contributed by atoms with Gasteiger partial charge in [0.2, 0.25) is 0 Å². The van der Waals surface area contributed by atoms with E-state index in [0.29, 0.717) is 33.0 Å². The highest BCUT2D eigenvalue weighted by Crippen LogP contribution is 2.30. The molecule has 152 valence electrons. The second-order valence-corrected chi connectivity index (χ2v) is 8.98. The van der Waals surface area contributed by atoms with Crippen molar-refractivity contribution in [3.05, 3.63) is 89.1 Å². The summed E-state index contributed by atoms with van der Waals surface area (Å²) < 4.78 is 27.6. The Morgan fingerprint density at radius 1 is 1.00 bits per heavy atom. The van der Waals surface area contributed by atoms with Gasteiger partial charge in [-0.25, -0.2) is 17.2 Å². The van der Waals surface area contributed by atoms with E-state index in [1.807, 2.05) is 0 Å². The van der Waals surface area contributed by atoms with Gasteiger partial charge in [-0.15, -0.1) is 0 Å². The maximum atomic E-state index is 13.1. The number of hydrogen-bond acceptors (Lipinski definition) is 4. The summed E-state index contributed by atoms with van der Waals surface area (Å²) in [6, 6.07) is 19.8. The lowest BCUT2D eigenvalue weighted by Gasteiger charge is -2.12. The van der Waals surface area contributed by atoms with E-state index in [-0.39, 0.29) is 10.5 Å². The van der Waals surface area contributed by atoms with Crippen LogP contribution in [0.4, 0.5) is 11.4 Å². The summed E-state index contributed by atoms with van der Waals surface area (Å²) in [5.41, 5.74) is 2.17. The molecule has 0 bridgehead atoms. The summed E-state index contributed by atoms with van der Waals surface area (Å²) in [7, 11) is -3.74. The highest BCUT2D eigenvalue weighted by atomic mass is 35.5. The lowest BCUT2D eigenvalue weighted by atomic mass is 10.1. The molecule has 0 amide bonds. The van der Waals surface area contributed by atoms with E-state index in [4.69, 9.17) is 11.6 Å². The molecule has 0 spiro atoms. The first-order chi connectivity index (χ1) is 14.3. The van der Waals surface area contributed by atoms with E-state index >= 15 is 0 Å². The quantitative estimate of drug-likeness (QED) is 0.440. The molecular formula is C22H17ClN2O4S. The monoisotopic (exact) mass is 440 g/mol. The molecule has 2 N–H and O–H groups in total. The molecule has 0 aliphatic heterocycles. The van der Waals surface area contributed by atoms with Crippen molar-refractivity contribution in [1.82, 2.24) is 3.97 Å². The molecular weight excluding hydrogens is 424 g/mol. The smallest absolute Gasteiger partial charge is 0.337 e. The van der Waals surface area contributed by atoms with Crippen LogP contribution < -0.4 is 5.32 Å². The van der Waals surface area contributed by atoms with Gasteiger partial charge in [0.1, 0.15) is 0 Å². The molecule has 0 aliphatic rings. The third kappa shape index (κ3) is 3.53. The fourth-order valence-electron chi connectivity index (χ4n) is 3.38. The van der Waals surface area contributed by atoms with E-state index < -0.39 is 16.0 Å². The van der Waals surface area contributed by atoms with Crippen LogP contribution in [0.2, 0.25) is 5.02 Å². The first-order valence-electron chi connectivity index (χ1n) is 9.00. The van der Waals surface area contributed by atoms with E-state index in [2.05, 4.69) is 5.32 Å². The number of carboxylic acid groups (broad SMARTS) is 1. The van der Waals surface area contributed by atoms with Crippen molar-refractivity contribution in [2.75, 3.05) is 5.32 Å². The molecule has 30 heavy (non-hydrogen) atoms. The number of carboxylic acids is 1. The second-order valence-electron chi connectivity index (χ2n) is 6.76. The van der Waals surface area contributed by atoms with Gasteiger partial charge in [-0.3, -0.25) is 0 Å². The highest BCUT2D eigenvalue weighted by molar-refractivity contribution is 7.90. The molecule has 3 aromatic carbocycles.